The number of rotatable bonds is 0. The molecule has 0 aromatic heterocycles. The highest BCUT2D eigenvalue weighted by molar-refractivity contribution is 7.98. The molecule has 2 aromatic carbocycles. The van der Waals surface area contributed by atoms with Crippen molar-refractivity contribution in [3.8, 4) is 0 Å². The van der Waals surface area contributed by atoms with Gasteiger partial charge in [-0.3, -0.25) is 0 Å². The van der Waals surface area contributed by atoms with Crippen LogP contribution in [0.3, 0.4) is 0 Å². The van der Waals surface area contributed by atoms with Crippen LogP contribution in [0, 0.1) is 0 Å². The van der Waals surface area contributed by atoms with Gasteiger partial charge in [0.25, 0.3) is 0 Å². The summed E-state index contributed by atoms with van der Waals surface area (Å²) < 4.78 is 0. The van der Waals surface area contributed by atoms with Gasteiger partial charge in [0.1, 0.15) is 0 Å². The fraction of sp³-hybridized carbons (Fsp3) is 0.375. The van der Waals surface area contributed by atoms with E-state index in [-0.39, 0.29) is 0 Å². The van der Waals surface area contributed by atoms with Crippen LogP contribution in [-0.2, 0) is 24.3 Å². The Hall–Kier alpha value is -0.950. The van der Waals surface area contributed by atoms with Gasteiger partial charge in [-0.2, -0.15) is 11.8 Å². The van der Waals surface area contributed by atoms with Gasteiger partial charge in [0.05, 0.1) is 0 Å². The molecule has 1 aliphatic heterocycles. The van der Waals surface area contributed by atoms with Crippen molar-refractivity contribution in [2.75, 3.05) is 0 Å². The van der Waals surface area contributed by atoms with E-state index in [1.807, 2.05) is 0 Å². The van der Waals surface area contributed by atoms with E-state index in [1.165, 1.54) is 42.6 Å². The highest BCUT2D eigenvalue weighted by Crippen LogP contribution is 2.36. The fourth-order valence-electron chi connectivity index (χ4n) is 3.26. The van der Waals surface area contributed by atoms with E-state index in [4.69, 9.17) is 0 Å². The first kappa shape index (κ1) is 10.0. The molecule has 0 N–H and O–H groups in total. The summed E-state index contributed by atoms with van der Waals surface area (Å²) in [4.78, 5) is 0. The molecule has 0 bridgehead atoms. The zero-order valence-corrected chi connectivity index (χ0v) is 10.8. The second-order valence-corrected chi connectivity index (χ2v) is 6.23. The Morgan fingerprint density at radius 1 is 0.824 bits per heavy atom. The van der Waals surface area contributed by atoms with Crippen LogP contribution in [0.2, 0.25) is 0 Å². The molecule has 0 amide bonds. The number of hydrogen-bond acceptors (Lipinski definition) is 1. The van der Waals surface area contributed by atoms with Crippen molar-refractivity contribution in [1.29, 1.82) is 0 Å². The summed E-state index contributed by atoms with van der Waals surface area (Å²) in [5.74, 6) is 2.43. The largest absolute Gasteiger partial charge is 0.152 e. The summed E-state index contributed by atoms with van der Waals surface area (Å²) in [7, 11) is 0. The average Bonchev–Trinajstić information content (AvgIpc) is 2.83. The maximum atomic E-state index is 2.48. The topological polar surface area (TPSA) is 0 Å². The van der Waals surface area contributed by atoms with E-state index in [9.17, 15) is 0 Å². The third kappa shape index (κ3) is 1.52. The Kier molecular flexibility index (Phi) is 2.23. The lowest BCUT2D eigenvalue weighted by atomic mass is 9.87. The molecule has 0 fully saturated rings. The van der Waals surface area contributed by atoms with Crippen molar-refractivity contribution in [2.45, 2.75) is 37.2 Å². The molecule has 0 saturated heterocycles. The molecular formula is C16H16S. The van der Waals surface area contributed by atoms with Gasteiger partial charge in [-0.05, 0) is 64.8 Å². The maximum Gasteiger partial charge on any atom is 0.0191 e. The minimum absolute atomic E-state index is 1.21. The second-order valence-electron chi connectivity index (χ2n) is 5.25. The summed E-state index contributed by atoms with van der Waals surface area (Å²) in [6, 6.07) is 9.61. The molecule has 2 aromatic rings. The predicted molar refractivity (Wildman–Crippen MR) is 75.6 cm³/mol. The van der Waals surface area contributed by atoms with E-state index >= 15 is 0 Å². The van der Waals surface area contributed by atoms with Gasteiger partial charge < -0.3 is 0 Å². The van der Waals surface area contributed by atoms with Gasteiger partial charge in [0.2, 0.25) is 0 Å². The van der Waals surface area contributed by atoms with E-state index < -0.39 is 0 Å². The molecule has 0 spiro atoms. The van der Waals surface area contributed by atoms with Crippen LogP contribution in [0.5, 0.6) is 0 Å². The fourth-order valence-corrected chi connectivity index (χ4v) is 4.34. The normalized spacial score (nSPS) is 18.1. The van der Waals surface area contributed by atoms with E-state index in [1.54, 1.807) is 27.6 Å². The van der Waals surface area contributed by atoms with Crippen molar-refractivity contribution in [3.05, 3.63) is 46.5 Å². The van der Waals surface area contributed by atoms with Crippen LogP contribution in [-0.4, -0.2) is 0 Å². The van der Waals surface area contributed by atoms with Crippen LogP contribution in [0.15, 0.2) is 24.3 Å². The summed E-state index contributed by atoms with van der Waals surface area (Å²) in [6.07, 6.45) is 5.33. The molecular weight excluding hydrogens is 224 g/mol. The minimum Gasteiger partial charge on any atom is -0.152 e. The summed E-state index contributed by atoms with van der Waals surface area (Å²) in [6.45, 7) is 0. The van der Waals surface area contributed by atoms with Gasteiger partial charge in [-0.25, -0.2) is 0 Å². The SMILES string of the molecule is c1cc2cc3c(cc2c2c1CCCC2)CSC3. The van der Waals surface area contributed by atoms with Crippen molar-refractivity contribution >= 4 is 22.5 Å². The zero-order valence-electron chi connectivity index (χ0n) is 9.96. The Morgan fingerprint density at radius 3 is 2.59 bits per heavy atom. The molecule has 1 heterocycles. The monoisotopic (exact) mass is 240 g/mol. The number of fused-ring (bicyclic) bond motifs is 4. The molecule has 0 nitrogen and oxygen atoms in total. The molecule has 1 aliphatic carbocycles. The van der Waals surface area contributed by atoms with Crippen LogP contribution >= 0.6 is 11.8 Å². The van der Waals surface area contributed by atoms with E-state index in [0.29, 0.717) is 0 Å². The molecule has 86 valence electrons. The van der Waals surface area contributed by atoms with Gasteiger partial charge in [-0.15, -0.1) is 0 Å². The van der Waals surface area contributed by atoms with Crippen LogP contribution in [0.1, 0.15) is 35.1 Å². The summed E-state index contributed by atoms with van der Waals surface area (Å²) in [5.41, 5.74) is 6.41. The van der Waals surface area contributed by atoms with Gasteiger partial charge in [-0.1, -0.05) is 18.2 Å². The number of hydrogen-bond donors (Lipinski definition) is 0. The molecule has 0 atom stereocenters. The number of thioether (sulfide) groups is 1. The maximum absolute atomic E-state index is 2.48. The third-order valence-electron chi connectivity index (χ3n) is 4.19. The first-order chi connectivity index (χ1) is 8.42. The highest BCUT2D eigenvalue weighted by atomic mass is 32.2. The molecule has 17 heavy (non-hydrogen) atoms. The van der Waals surface area contributed by atoms with Crippen molar-refractivity contribution in [1.82, 2.24) is 0 Å². The molecule has 4 rings (SSSR count). The van der Waals surface area contributed by atoms with Crippen molar-refractivity contribution in [2.24, 2.45) is 0 Å². The molecule has 0 radical (unpaired) electrons. The zero-order chi connectivity index (χ0) is 11.2. The second kappa shape index (κ2) is 3.78. The highest BCUT2D eigenvalue weighted by Gasteiger charge is 2.16. The quantitative estimate of drug-likeness (QED) is 0.655. The number of aryl methyl sites for hydroxylation is 2. The Balaban J connectivity index is 2.03. The Labute approximate surface area is 106 Å². The van der Waals surface area contributed by atoms with Gasteiger partial charge in [0, 0.05) is 11.5 Å². The van der Waals surface area contributed by atoms with Crippen LogP contribution in [0.4, 0.5) is 0 Å². The molecule has 2 aliphatic rings. The average molecular weight is 240 g/mol. The first-order valence-electron chi connectivity index (χ1n) is 6.56. The Bertz CT molecular complexity index is 598. The Morgan fingerprint density at radius 2 is 1.65 bits per heavy atom. The lowest BCUT2D eigenvalue weighted by Crippen LogP contribution is -2.03. The smallest absolute Gasteiger partial charge is 0.0191 e. The lowest BCUT2D eigenvalue weighted by Gasteiger charge is -2.18. The van der Waals surface area contributed by atoms with Crippen LogP contribution in [0.25, 0.3) is 10.8 Å². The standard InChI is InChI=1S/C16H16S/c1-2-4-15-11(3-1)5-6-12-7-13-9-17-10-14(13)8-16(12)15/h5-8H,1-4,9-10H2. The minimum atomic E-state index is 1.21. The number of benzene rings is 2. The van der Waals surface area contributed by atoms with Gasteiger partial charge in [0.15, 0.2) is 0 Å². The predicted octanol–water partition coefficient (Wildman–Crippen LogP) is 4.47. The third-order valence-corrected chi connectivity index (χ3v) is 5.22. The summed E-state index contributed by atoms with van der Waals surface area (Å²) >= 11 is 2.05. The lowest BCUT2D eigenvalue weighted by molar-refractivity contribution is 0.690. The first-order valence-corrected chi connectivity index (χ1v) is 7.71. The summed E-state index contributed by atoms with van der Waals surface area (Å²) in [5, 5.41) is 3.01. The molecule has 0 saturated carbocycles. The van der Waals surface area contributed by atoms with E-state index in [0.717, 1.165) is 0 Å². The van der Waals surface area contributed by atoms with Crippen LogP contribution < -0.4 is 0 Å². The molecule has 0 unspecified atom stereocenters. The molecule has 1 heteroatoms. The van der Waals surface area contributed by atoms with Crippen molar-refractivity contribution < 1.29 is 0 Å². The van der Waals surface area contributed by atoms with Gasteiger partial charge >= 0.3 is 0 Å². The van der Waals surface area contributed by atoms with Crippen molar-refractivity contribution in [3.63, 3.8) is 0 Å². The van der Waals surface area contributed by atoms with E-state index in [2.05, 4.69) is 36.0 Å².